The van der Waals surface area contributed by atoms with Gasteiger partial charge in [-0.15, -0.1) is 0 Å². The van der Waals surface area contributed by atoms with E-state index in [1.807, 2.05) is 35.2 Å². The SMILES string of the molecule is O=C(CN1CCN(c2ccccc2)C1=O)N1CCN(C2CCCCC2)CC1. The van der Waals surface area contributed by atoms with E-state index in [4.69, 9.17) is 0 Å². The number of benzene rings is 1. The van der Waals surface area contributed by atoms with Crippen molar-refractivity contribution in [3.63, 3.8) is 0 Å². The Morgan fingerprint density at radius 2 is 1.59 bits per heavy atom. The molecule has 146 valence electrons. The highest BCUT2D eigenvalue weighted by molar-refractivity contribution is 5.96. The van der Waals surface area contributed by atoms with Crippen LogP contribution in [0.15, 0.2) is 30.3 Å². The van der Waals surface area contributed by atoms with E-state index < -0.39 is 0 Å². The minimum atomic E-state index is -0.0598. The number of piperazine rings is 1. The molecule has 0 atom stereocenters. The molecule has 1 saturated carbocycles. The fourth-order valence-corrected chi connectivity index (χ4v) is 4.62. The minimum absolute atomic E-state index is 0.0598. The summed E-state index contributed by atoms with van der Waals surface area (Å²) in [4.78, 5) is 33.3. The van der Waals surface area contributed by atoms with Gasteiger partial charge in [-0.2, -0.15) is 0 Å². The molecule has 1 aliphatic carbocycles. The Morgan fingerprint density at radius 1 is 0.889 bits per heavy atom. The highest BCUT2D eigenvalue weighted by Gasteiger charge is 2.33. The van der Waals surface area contributed by atoms with Crippen molar-refractivity contribution < 1.29 is 9.59 Å². The maximum Gasteiger partial charge on any atom is 0.325 e. The van der Waals surface area contributed by atoms with E-state index in [0.717, 1.165) is 37.9 Å². The van der Waals surface area contributed by atoms with Crippen molar-refractivity contribution >= 4 is 17.6 Å². The first-order chi connectivity index (χ1) is 13.2. The fourth-order valence-electron chi connectivity index (χ4n) is 4.62. The van der Waals surface area contributed by atoms with E-state index in [0.29, 0.717) is 13.1 Å². The molecule has 2 heterocycles. The van der Waals surface area contributed by atoms with Gasteiger partial charge in [-0.1, -0.05) is 37.5 Å². The van der Waals surface area contributed by atoms with Gasteiger partial charge in [-0.3, -0.25) is 14.6 Å². The van der Waals surface area contributed by atoms with Gasteiger partial charge in [0.1, 0.15) is 6.54 Å². The molecule has 0 unspecified atom stereocenters. The third-order valence-corrected chi connectivity index (χ3v) is 6.25. The van der Waals surface area contributed by atoms with Gasteiger partial charge < -0.3 is 9.80 Å². The minimum Gasteiger partial charge on any atom is -0.339 e. The highest BCUT2D eigenvalue weighted by atomic mass is 16.2. The van der Waals surface area contributed by atoms with Gasteiger partial charge in [-0.05, 0) is 25.0 Å². The van der Waals surface area contributed by atoms with Crippen LogP contribution < -0.4 is 4.90 Å². The quantitative estimate of drug-likeness (QED) is 0.818. The molecule has 0 spiro atoms. The van der Waals surface area contributed by atoms with Gasteiger partial charge in [0.2, 0.25) is 5.91 Å². The van der Waals surface area contributed by atoms with Crippen LogP contribution in [0.4, 0.5) is 10.5 Å². The number of amides is 3. The van der Waals surface area contributed by atoms with Gasteiger partial charge in [0.25, 0.3) is 0 Å². The third kappa shape index (κ3) is 4.10. The van der Waals surface area contributed by atoms with Crippen molar-refractivity contribution in [1.29, 1.82) is 0 Å². The molecule has 2 aliphatic heterocycles. The smallest absolute Gasteiger partial charge is 0.325 e. The average Bonchev–Trinajstić information content (AvgIpc) is 3.09. The lowest BCUT2D eigenvalue weighted by Crippen LogP contribution is -2.54. The van der Waals surface area contributed by atoms with Gasteiger partial charge in [0.05, 0.1) is 0 Å². The summed E-state index contributed by atoms with van der Waals surface area (Å²) in [6.45, 7) is 4.99. The molecular formula is C21H30N4O2. The van der Waals surface area contributed by atoms with Gasteiger partial charge in [0, 0.05) is 51.0 Å². The molecule has 3 fully saturated rings. The Bertz CT molecular complexity index is 651. The van der Waals surface area contributed by atoms with Crippen molar-refractivity contribution in [3.05, 3.63) is 30.3 Å². The topological polar surface area (TPSA) is 47.1 Å². The van der Waals surface area contributed by atoms with Gasteiger partial charge in [-0.25, -0.2) is 4.79 Å². The molecule has 0 bridgehead atoms. The van der Waals surface area contributed by atoms with Crippen LogP contribution in [0.5, 0.6) is 0 Å². The van der Waals surface area contributed by atoms with Crippen molar-refractivity contribution in [1.82, 2.24) is 14.7 Å². The molecular weight excluding hydrogens is 340 g/mol. The van der Waals surface area contributed by atoms with Crippen molar-refractivity contribution in [3.8, 4) is 0 Å². The molecule has 3 amide bonds. The molecule has 6 nitrogen and oxygen atoms in total. The van der Waals surface area contributed by atoms with Crippen LogP contribution >= 0.6 is 0 Å². The normalized spacial score (nSPS) is 22.5. The highest BCUT2D eigenvalue weighted by Crippen LogP contribution is 2.24. The summed E-state index contributed by atoms with van der Waals surface area (Å²) in [5.41, 5.74) is 0.901. The molecule has 3 aliphatic rings. The Labute approximate surface area is 161 Å². The number of anilines is 1. The molecule has 27 heavy (non-hydrogen) atoms. The predicted molar refractivity (Wildman–Crippen MR) is 106 cm³/mol. The summed E-state index contributed by atoms with van der Waals surface area (Å²) in [6, 6.07) is 10.3. The lowest BCUT2D eigenvalue weighted by molar-refractivity contribution is -0.133. The van der Waals surface area contributed by atoms with Crippen LogP contribution in [0.2, 0.25) is 0 Å². The summed E-state index contributed by atoms with van der Waals surface area (Å²) in [7, 11) is 0. The maximum atomic E-state index is 12.7. The Balaban J connectivity index is 1.27. The van der Waals surface area contributed by atoms with Crippen LogP contribution in [-0.4, -0.2) is 78.5 Å². The fraction of sp³-hybridized carbons (Fsp3) is 0.619. The average molecular weight is 370 g/mol. The summed E-state index contributed by atoms with van der Waals surface area (Å²) in [5, 5.41) is 0. The number of hydrogen-bond donors (Lipinski definition) is 0. The standard InChI is InChI=1S/C21H30N4O2/c26-20(23-13-11-22(12-14-23)18-7-3-1-4-8-18)17-24-15-16-25(21(24)27)19-9-5-2-6-10-19/h2,5-6,9-10,18H,1,3-4,7-8,11-17H2. The van der Waals surface area contributed by atoms with Gasteiger partial charge in [0.15, 0.2) is 0 Å². The number of rotatable bonds is 4. The molecule has 4 rings (SSSR count). The first-order valence-electron chi connectivity index (χ1n) is 10.4. The molecule has 0 aromatic heterocycles. The van der Waals surface area contributed by atoms with Crippen molar-refractivity contribution in [2.45, 2.75) is 38.1 Å². The second-order valence-corrected chi connectivity index (χ2v) is 7.90. The predicted octanol–water partition coefficient (Wildman–Crippen LogP) is 2.41. The van der Waals surface area contributed by atoms with Crippen LogP contribution in [0.25, 0.3) is 0 Å². The summed E-state index contributed by atoms with van der Waals surface area (Å²) < 4.78 is 0. The van der Waals surface area contributed by atoms with E-state index in [1.54, 1.807) is 9.80 Å². The van der Waals surface area contributed by atoms with E-state index in [-0.39, 0.29) is 18.5 Å². The van der Waals surface area contributed by atoms with Crippen LogP contribution in [0, 0.1) is 0 Å². The molecule has 0 N–H and O–H groups in total. The zero-order valence-corrected chi connectivity index (χ0v) is 16.1. The molecule has 0 radical (unpaired) electrons. The third-order valence-electron chi connectivity index (χ3n) is 6.25. The van der Waals surface area contributed by atoms with Crippen molar-refractivity contribution in [2.75, 3.05) is 50.7 Å². The molecule has 6 heteroatoms. The number of urea groups is 1. The molecule has 1 aromatic carbocycles. The molecule has 1 aromatic rings. The lowest BCUT2D eigenvalue weighted by Gasteiger charge is -2.41. The second kappa shape index (κ2) is 8.30. The number of carbonyl (C=O) groups excluding carboxylic acids is 2. The number of para-hydroxylation sites is 1. The van der Waals surface area contributed by atoms with Gasteiger partial charge >= 0.3 is 6.03 Å². The molecule has 2 saturated heterocycles. The zero-order chi connectivity index (χ0) is 18.6. The van der Waals surface area contributed by atoms with Crippen LogP contribution in [0.1, 0.15) is 32.1 Å². The van der Waals surface area contributed by atoms with E-state index in [1.165, 1.54) is 32.1 Å². The Hall–Kier alpha value is -2.08. The monoisotopic (exact) mass is 370 g/mol. The number of hydrogen-bond acceptors (Lipinski definition) is 3. The van der Waals surface area contributed by atoms with Crippen molar-refractivity contribution in [2.24, 2.45) is 0 Å². The Kier molecular flexibility index (Phi) is 5.62. The summed E-state index contributed by atoms with van der Waals surface area (Å²) in [5.74, 6) is 0.0848. The first-order valence-corrected chi connectivity index (χ1v) is 10.4. The number of carbonyl (C=O) groups is 2. The summed E-state index contributed by atoms with van der Waals surface area (Å²) in [6.07, 6.45) is 6.69. The van der Waals surface area contributed by atoms with E-state index >= 15 is 0 Å². The van der Waals surface area contributed by atoms with Crippen LogP contribution in [0.3, 0.4) is 0 Å². The number of nitrogens with zero attached hydrogens (tertiary/aromatic N) is 4. The largest absolute Gasteiger partial charge is 0.339 e. The first kappa shape index (κ1) is 18.3. The lowest BCUT2D eigenvalue weighted by atomic mass is 9.94. The second-order valence-electron chi connectivity index (χ2n) is 7.90. The van der Waals surface area contributed by atoms with E-state index in [9.17, 15) is 9.59 Å². The van der Waals surface area contributed by atoms with Crippen LogP contribution in [-0.2, 0) is 4.79 Å². The van der Waals surface area contributed by atoms with E-state index in [2.05, 4.69) is 4.90 Å². The zero-order valence-electron chi connectivity index (χ0n) is 16.1. The summed E-state index contributed by atoms with van der Waals surface area (Å²) >= 11 is 0. The maximum absolute atomic E-state index is 12.7. The Morgan fingerprint density at radius 3 is 2.30 bits per heavy atom.